The van der Waals surface area contributed by atoms with Gasteiger partial charge < -0.3 is 15.7 Å². The van der Waals surface area contributed by atoms with Crippen molar-refractivity contribution in [1.29, 1.82) is 0 Å². The Balaban J connectivity index is 2.41. The molecule has 18 heavy (non-hydrogen) atoms. The Bertz CT molecular complexity index is 500. The maximum Gasteiger partial charge on any atom is 0.323 e. The third kappa shape index (κ3) is 2.73. The number of anilines is 1. The van der Waals surface area contributed by atoms with Crippen LogP contribution in [-0.2, 0) is 4.79 Å². The molecule has 1 fully saturated rings. The van der Waals surface area contributed by atoms with E-state index in [2.05, 4.69) is 0 Å². The lowest BCUT2D eigenvalue weighted by atomic mass is 10.1. The highest BCUT2D eigenvalue weighted by Crippen LogP contribution is 2.34. The molecule has 0 heterocycles. The van der Waals surface area contributed by atoms with Crippen molar-refractivity contribution in [3.05, 3.63) is 28.8 Å². The van der Waals surface area contributed by atoms with Crippen LogP contribution in [0.4, 0.5) is 5.69 Å². The van der Waals surface area contributed by atoms with Gasteiger partial charge in [0.1, 0.15) is 6.54 Å². The molecule has 1 amide bonds. The van der Waals surface area contributed by atoms with E-state index in [4.69, 9.17) is 22.4 Å². The molecule has 0 radical (unpaired) electrons. The summed E-state index contributed by atoms with van der Waals surface area (Å²) in [5.74, 6) is -1.53. The summed E-state index contributed by atoms with van der Waals surface area (Å²) >= 11 is 5.90. The number of carboxylic acids is 1. The molecule has 1 aliphatic carbocycles. The second kappa shape index (κ2) is 4.86. The quantitative estimate of drug-likeness (QED) is 0.847. The van der Waals surface area contributed by atoms with Crippen LogP contribution in [0.15, 0.2) is 18.2 Å². The van der Waals surface area contributed by atoms with E-state index in [0.29, 0.717) is 16.3 Å². The average Bonchev–Trinajstić information content (AvgIpc) is 3.08. The molecular weight excluding hydrogens is 256 g/mol. The summed E-state index contributed by atoms with van der Waals surface area (Å²) in [7, 11) is 0. The van der Waals surface area contributed by atoms with Gasteiger partial charge in [0.05, 0.1) is 11.3 Å². The first-order valence-corrected chi connectivity index (χ1v) is 5.94. The van der Waals surface area contributed by atoms with E-state index in [9.17, 15) is 9.59 Å². The molecule has 1 aliphatic rings. The summed E-state index contributed by atoms with van der Waals surface area (Å²) in [6.07, 6.45) is 1.83. The van der Waals surface area contributed by atoms with Gasteiger partial charge in [-0.1, -0.05) is 11.6 Å². The van der Waals surface area contributed by atoms with Gasteiger partial charge in [0.25, 0.3) is 5.91 Å². The lowest BCUT2D eigenvalue weighted by Crippen LogP contribution is -2.33. The monoisotopic (exact) mass is 268 g/mol. The molecular formula is C12H13ClN2O3. The van der Waals surface area contributed by atoms with Gasteiger partial charge in [-0.05, 0) is 31.0 Å². The summed E-state index contributed by atoms with van der Waals surface area (Å²) in [5.41, 5.74) is 6.10. The van der Waals surface area contributed by atoms with E-state index >= 15 is 0 Å². The number of halogens is 1. The molecule has 3 N–H and O–H groups in total. The van der Waals surface area contributed by atoms with Gasteiger partial charge in [0, 0.05) is 11.1 Å². The van der Waals surface area contributed by atoms with Crippen LogP contribution in [-0.4, -0.2) is 29.6 Å². The predicted molar refractivity (Wildman–Crippen MR) is 68.0 cm³/mol. The summed E-state index contributed by atoms with van der Waals surface area (Å²) in [5, 5.41) is 9.38. The molecule has 2 rings (SSSR count). The standard InChI is InChI=1S/C12H13ClN2O3/c13-7-1-4-9(12(14)18)10(5-7)15(6-11(16)17)8-2-3-8/h1,4-5,8H,2-3,6H2,(H2,14,18)(H,16,17). The largest absolute Gasteiger partial charge is 0.480 e. The number of benzene rings is 1. The van der Waals surface area contributed by atoms with E-state index in [-0.39, 0.29) is 12.6 Å². The van der Waals surface area contributed by atoms with Crippen LogP contribution in [0.2, 0.25) is 5.02 Å². The third-order valence-electron chi connectivity index (χ3n) is 2.83. The first-order chi connectivity index (χ1) is 8.49. The van der Waals surface area contributed by atoms with Crippen LogP contribution in [0.3, 0.4) is 0 Å². The van der Waals surface area contributed by atoms with E-state index in [0.717, 1.165) is 12.8 Å². The molecule has 0 aliphatic heterocycles. The average molecular weight is 269 g/mol. The minimum absolute atomic E-state index is 0.151. The smallest absolute Gasteiger partial charge is 0.323 e. The van der Waals surface area contributed by atoms with Crippen LogP contribution in [0.25, 0.3) is 0 Å². The van der Waals surface area contributed by atoms with Crippen molar-refractivity contribution in [3.8, 4) is 0 Å². The van der Waals surface area contributed by atoms with E-state index in [1.165, 1.54) is 6.07 Å². The number of hydrogen-bond donors (Lipinski definition) is 2. The number of hydrogen-bond acceptors (Lipinski definition) is 3. The Hall–Kier alpha value is -1.75. The van der Waals surface area contributed by atoms with Crippen molar-refractivity contribution in [2.45, 2.75) is 18.9 Å². The van der Waals surface area contributed by atoms with Crippen LogP contribution in [0.1, 0.15) is 23.2 Å². The molecule has 6 heteroatoms. The number of primary amides is 1. The normalized spacial score (nSPS) is 14.3. The molecule has 1 aromatic carbocycles. The molecule has 96 valence electrons. The first kappa shape index (κ1) is 12.7. The van der Waals surface area contributed by atoms with Crippen LogP contribution in [0.5, 0.6) is 0 Å². The molecule has 0 bridgehead atoms. The SMILES string of the molecule is NC(=O)c1ccc(Cl)cc1N(CC(=O)O)C1CC1. The van der Waals surface area contributed by atoms with Gasteiger partial charge in [0.15, 0.2) is 0 Å². The number of rotatable bonds is 5. The highest BCUT2D eigenvalue weighted by Gasteiger charge is 2.32. The van der Waals surface area contributed by atoms with Crippen molar-refractivity contribution >= 4 is 29.2 Å². The molecule has 0 aromatic heterocycles. The van der Waals surface area contributed by atoms with Gasteiger partial charge in [-0.15, -0.1) is 0 Å². The van der Waals surface area contributed by atoms with Gasteiger partial charge in [-0.25, -0.2) is 0 Å². The Morgan fingerprint density at radius 1 is 1.44 bits per heavy atom. The summed E-state index contributed by atoms with van der Waals surface area (Å²) in [4.78, 5) is 23.9. The minimum Gasteiger partial charge on any atom is -0.480 e. The van der Waals surface area contributed by atoms with Crippen molar-refractivity contribution in [2.75, 3.05) is 11.4 Å². The third-order valence-corrected chi connectivity index (χ3v) is 3.06. The fourth-order valence-corrected chi connectivity index (χ4v) is 2.06. The van der Waals surface area contributed by atoms with Gasteiger partial charge >= 0.3 is 5.97 Å². The maximum absolute atomic E-state index is 11.4. The topological polar surface area (TPSA) is 83.6 Å². The number of aliphatic carboxylic acids is 1. The maximum atomic E-state index is 11.4. The van der Waals surface area contributed by atoms with E-state index < -0.39 is 11.9 Å². The number of nitrogens with zero attached hydrogens (tertiary/aromatic N) is 1. The Morgan fingerprint density at radius 2 is 2.11 bits per heavy atom. The molecule has 0 unspecified atom stereocenters. The lowest BCUT2D eigenvalue weighted by Gasteiger charge is -2.24. The molecule has 0 saturated heterocycles. The summed E-state index contributed by atoms with van der Waals surface area (Å²) in [6.45, 7) is -0.161. The Kier molecular flexibility index (Phi) is 3.43. The van der Waals surface area contributed by atoms with E-state index in [1.807, 2.05) is 0 Å². The zero-order valence-corrected chi connectivity index (χ0v) is 10.4. The van der Waals surface area contributed by atoms with Gasteiger partial charge in [-0.3, -0.25) is 9.59 Å². The van der Waals surface area contributed by atoms with Gasteiger partial charge in [-0.2, -0.15) is 0 Å². The van der Waals surface area contributed by atoms with Crippen molar-refractivity contribution in [3.63, 3.8) is 0 Å². The number of nitrogens with two attached hydrogens (primary N) is 1. The van der Waals surface area contributed by atoms with E-state index in [1.54, 1.807) is 17.0 Å². The van der Waals surface area contributed by atoms with Crippen molar-refractivity contribution in [1.82, 2.24) is 0 Å². The van der Waals surface area contributed by atoms with Gasteiger partial charge in [0.2, 0.25) is 0 Å². The number of carbonyl (C=O) groups is 2. The number of carbonyl (C=O) groups excluding carboxylic acids is 1. The summed E-state index contributed by atoms with van der Waals surface area (Å²) < 4.78 is 0. The van der Waals surface area contributed by atoms with Crippen LogP contribution >= 0.6 is 11.6 Å². The van der Waals surface area contributed by atoms with Crippen molar-refractivity contribution < 1.29 is 14.7 Å². The molecule has 0 atom stereocenters. The molecule has 5 nitrogen and oxygen atoms in total. The summed E-state index contributed by atoms with van der Waals surface area (Å²) in [6, 6.07) is 4.83. The second-order valence-electron chi connectivity index (χ2n) is 4.28. The minimum atomic E-state index is -0.947. The first-order valence-electron chi connectivity index (χ1n) is 5.57. The van der Waals surface area contributed by atoms with Crippen molar-refractivity contribution in [2.24, 2.45) is 5.73 Å². The lowest BCUT2D eigenvalue weighted by molar-refractivity contribution is -0.135. The Morgan fingerprint density at radius 3 is 2.61 bits per heavy atom. The molecule has 1 aromatic rings. The number of amides is 1. The predicted octanol–water partition coefficient (Wildman–Crippen LogP) is 1.49. The highest BCUT2D eigenvalue weighted by atomic mass is 35.5. The highest BCUT2D eigenvalue weighted by molar-refractivity contribution is 6.31. The second-order valence-corrected chi connectivity index (χ2v) is 4.71. The molecule has 1 saturated carbocycles. The fourth-order valence-electron chi connectivity index (χ4n) is 1.89. The molecule has 0 spiro atoms. The number of carboxylic acid groups (broad SMARTS) is 1. The fraction of sp³-hybridized carbons (Fsp3) is 0.333. The zero-order chi connectivity index (χ0) is 13.3. The van der Waals surface area contributed by atoms with Crippen LogP contribution < -0.4 is 10.6 Å². The zero-order valence-electron chi connectivity index (χ0n) is 9.60. The van der Waals surface area contributed by atoms with Crippen LogP contribution in [0, 0.1) is 0 Å². The Labute approximate surface area is 109 Å².